The van der Waals surface area contributed by atoms with Gasteiger partial charge in [0.15, 0.2) is 0 Å². The first kappa shape index (κ1) is 11.9. The minimum absolute atomic E-state index is 0.119. The van der Waals surface area contributed by atoms with Gasteiger partial charge in [-0.05, 0) is 31.5 Å². The van der Waals surface area contributed by atoms with Gasteiger partial charge in [-0.15, -0.1) is 0 Å². The van der Waals surface area contributed by atoms with Gasteiger partial charge in [-0.25, -0.2) is 4.98 Å². The number of hydrogen-bond acceptors (Lipinski definition) is 3. The van der Waals surface area contributed by atoms with Crippen molar-refractivity contribution in [3.63, 3.8) is 0 Å². The zero-order valence-corrected chi connectivity index (χ0v) is 10.5. The van der Waals surface area contributed by atoms with Crippen molar-refractivity contribution in [2.45, 2.75) is 26.3 Å². The third-order valence-corrected chi connectivity index (χ3v) is 2.81. The first-order chi connectivity index (χ1) is 8.11. The fraction of sp³-hybridized carbons (Fsp3) is 0.357. The summed E-state index contributed by atoms with van der Waals surface area (Å²) in [6.07, 6.45) is 0.787. The number of ether oxygens (including phenoxy) is 1. The van der Waals surface area contributed by atoms with E-state index in [9.17, 15) is 0 Å². The van der Waals surface area contributed by atoms with Crippen LogP contribution in [0.1, 0.15) is 18.2 Å². The smallest absolute Gasteiger partial charge is 0.145 e. The van der Waals surface area contributed by atoms with E-state index in [1.807, 2.05) is 19.1 Å². The van der Waals surface area contributed by atoms with Gasteiger partial charge in [-0.1, -0.05) is 12.1 Å². The molecule has 2 N–H and O–H groups in total. The van der Waals surface area contributed by atoms with Crippen LogP contribution in [0.25, 0.3) is 10.9 Å². The summed E-state index contributed by atoms with van der Waals surface area (Å²) in [6.45, 7) is 4.08. The summed E-state index contributed by atoms with van der Waals surface area (Å²) in [5.74, 6) is 0.817. The summed E-state index contributed by atoms with van der Waals surface area (Å²) in [5.41, 5.74) is 8.98. The van der Waals surface area contributed by atoms with Gasteiger partial charge in [0.2, 0.25) is 0 Å². The number of aromatic nitrogens is 1. The van der Waals surface area contributed by atoms with E-state index in [0.29, 0.717) is 0 Å². The number of rotatable bonds is 3. The molecule has 90 valence electrons. The second kappa shape index (κ2) is 4.72. The highest BCUT2D eigenvalue weighted by molar-refractivity contribution is 5.87. The maximum atomic E-state index is 5.82. The summed E-state index contributed by atoms with van der Waals surface area (Å²) in [4.78, 5) is 4.64. The number of nitrogens with zero attached hydrogens (tertiary/aromatic N) is 1. The third kappa shape index (κ3) is 2.39. The topological polar surface area (TPSA) is 48.1 Å². The molecule has 1 aromatic heterocycles. The molecule has 2 aromatic rings. The average Bonchev–Trinajstić information content (AvgIpc) is 2.27. The van der Waals surface area contributed by atoms with Crippen LogP contribution in [0.2, 0.25) is 0 Å². The van der Waals surface area contributed by atoms with Gasteiger partial charge in [0.05, 0.1) is 7.11 Å². The Balaban J connectivity index is 2.61. The predicted octanol–water partition coefficient (Wildman–Crippen LogP) is 2.44. The summed E-state index contributed by atoms with van der Waals surface area (Å²) < 4.78 is 5.35. The standard InChI is InChI=1S/C14H18N2O/c1-9-7-11(8-10(2)15)16-14-12(9)5-4-6-13(14)17-3/h4-7,10H,8,15H2,1-3H3. The normalized spacial score (nSPS) is 12.7. The van der Waals surface area contributed by atoms with Crippen LogP contribution in [0.4, 0.5) is 0 Å². The van der Waals surface area contributed by atoms with E-state index in [-0.39, 0.29) is 6.04 Å². The van der Waals surface area contributed by atoms with Crippen LogP contribution in [-0.4, -0.2) is 18.1 Å². The minimum atomic E-state index is 0.119. The Morgan fingerprint density at radius 2 is 2.18 bits per heavy atom. The molecule has 0 aliphatic rings. The van der Waals surface area contributed by atoms with Gasteiger partial charge in [0.1, 0.15) is 11.3 Å². The summed E-state index contributed by atoms with van der Waals surface area (Å²) in [6, 6.07) is 8.21. The first-order valence-electron chi connectivity index (χ1n) is 5.80. The number of methoxy groups -OCH3 is 1. The molecule has 0 bridgehead atoms. The highest BCUT2D eigenvalue weighted by atomic mass is 16.5. The third-order valence-electron chi connectivity index (χ3n) is 2.81. The van der Waals surface area contributed by atoms with Crippen LogP contribution in [0.3, 0.4) is 0 Å². The fourth-order valence-electron chi connectivity index (χ4n) is 2.06. The average molecular weight is 230 g/mol. The largest absolute Gasteiger partial charge is 0.494 e. The second-order valence-corrected chi connectivity index (χ2v) is 4.47. The quantitative estimate of drug-likeness (QED) is 0.881. The minimum Gasteiger partial charge on any atom is -0.494 e. The Kier molecular flexibility index (Phi) is 3.29. The van der Waals surface area contributed by atoms with Crippen molar-refractivity contribution in [2.75, 3.05) is 7.11 Å². The molecule has 0 spiro atoms. The van der Waals surface area contributed by atoms with Crippen molar-refractivity contribution in [1.29, 1.82) is 0 Å². The highest BCUT2D eigenvalue weighted by Gasteiger charge is 2.08. The monoisotopic (exact) mass is 230 g/mol. The van der Waals surface area contributed by atoms with Gasteiger partial charge < -0.3 is 10.5 Å². The van der Waals surface area contributed by atoms with Crippen LogP contribution < -0.4 is 10.5 Å². The molecule has 0 saturated heterocycles. The van der Waals surface area contributed by atoms with E-state index in [0.717, 1.165) is 28.8 Å². The molecule has 1 heterocycles. The van der Waals surface area contributed by atoms with Crippen molar-refractivity contribution >= 4 is 10.9 Å². The summed E-state index contributed by atoms with van der Waals surface area (Å²) in [7, 11) is 1.67. The van der Waals surface area contributed by atoms with Crippen LogP contribution >= 0.6 is 0 Å². The molecule has 0 aliphatic carbocycles. The van der Waals surface area contributed by atoms with Gasteiger partial charge in [-0.2, -0.15) is 0 Å². The number of aryl methyl sites for hydroxylation is 1. The fourth-order valence-corrected chi connectivity index (χ4v) is 2.06. The van der Waals surface area contributed by atoms with Crippen molar-refractivity contribution in [3.05, 3.63) is 35.5 Å². The molecule has 0 amide bonds. The van der Waals surface area contributed by atoms with Gasteiger partial charge in [-0.3, -0.25) is 0 Å². The van der Waals surface area contributed by atoms with Gasteiger partial charge in [0.25, 0.3) is 0 Å². The Labute approximate surface area is 102 Å². The number of para-hydroxylation sites is 1. The molecular formula is C14H18N2O. The molecule has 1 aromatic carbocycles. The molecule has 17 heavy (non-hydrogen) atoms. The van der Waals surface area contributed by atoms with Crippen LogP contribution in [0.5, 0.6) is 5.75 Å². The summed E-state index contributed by atoms with van der Waals surface area (Å²) >= 11 is 0. The molecule has 0 radical (unpaired) electrons. The van der Waals surface area contributed by atoms with E-state index in [1.165, 1.54) is 5.56 Å². The molecule has 0 saturated carbocycles. The van der Waals surface area contributed by atoms with E-state index < -0.39 is 0 Å². The number of pyridine rings is 1. The van der Waals surface area contributed by atoms with Crippen LogP contribution in [0.15, 0.2) is 24.3 Å². The number of hydrogen-bond donors (Lipinski definition) is 1. The molecule has 1 unspecified atom stereocenters. The Morgan fingerprint density at radius 3 is 2.82 bits per heavy atom. The maximum Gasteiger partial charge on any atom is 0.145 e. The zero-order chi connectivity index (χ0) is 12.4. The van der Waals surface area contributed by atoms with Crippen molar-refractivity contribution in [1.82, 2.24) is 4.98 Å². The lowest BCUT2D eigenvalue weighted by Gasteiger charge is -2.10. The molecule has 3 nitrogen and oxygen atoms in total. The molecule has 0 fully saturated rings. The van der Waals surface area contributed by atoms with Gasteiger partial charge >= 0.3 is 0 Å². The number of benzene rings is 1. The van der Waals surface area contributed by atoms with Crippen LogP contribution in [0, 0.1) is 6.92 Å². The number of fused-ring (bicyclic) bond motifs is 1. The predicted molar refractivity (Wildman–Crippen MR) is 70.4 cm³/mol. The second-order valence-electron chi connectivity index (χ2n) is 4.47. The zero-order valence-electron chi connectivity index (χ0n) is 10.5. The van der Waals surface area contributed by atoms with E-state index in [1.54, 1.807) is 7.11 Å². The van der Waals surface area contributed by atoms with Gasteiger partial charge in [0, 0.05) is 23.5 Å². The maximum absolute atomic E-state index is 5.82. The Morgan fingerprint density at radius 1 is 1.41 bits per heavy atom. The molecule has 2 rings (SSSR count). The van der Waals surface area contributed by atoms with E-state index in [2.05, 4.69) is 24.0 Å². The first-order valence-corrected chi connectivity index (χ1v) is 5.80. The van der Waals surface area contributed by atoms with Crippen molar-refractivity contribution in [2.24, 2.45) is 5.73 Å². The number of nitrogens with two attached hydrogens (primary N) is 1. The Bertz CT molecular complexity index is 535. The van der Waals surface area contributed by atoms with Crippen molar-refractivity contribution in [3.8, 4) is 5.75 Å². The van der Waals surface area contributed by atoms with E-state index >= 15 is 0 Å². The highest BCUT2D eigenvalue weighted by Crippen LogP contribution is 2.26. The van der Waals surface area contributed by atoms with Crippen molar-refractivity contribution < 1.29 is 4.74 Å². The molecular weight excluding hydrogens is 212 g/mol. The van der Waals surface area contributed by atoms with E-state index in [4.69, 9.17) is 10.5 Å². The SMILES string of the molecule is COc1cccc2c(C)cc(CC(C)N)nc12. The van der Waals surface area contributed by atoms with Crippen LogP contribution in [-0.2, 0) is 6.42 Å². The lowest BCUT2D eigenvalue weighted by Crippen LogP contribution is -2.18. The lowest BCUT2D eigenvalue weighted by molar-refractivity contribution is 0.418. The summed E-state index contributed by atoms with van der Waals surface area (Å²) in [5, 5.41) is 1.14. The lowest BCUT2D eigenvalue weighted by atomic mass is 10.1. The molecule has 3 heteroatoms. The molecule has 0 aliphatic heterocycles. The molecule has 1 atom stereocenters. The Hall–Kier alpha value is -1.61.